The van der Waals surface area contributed by atoms with Gasteiger partial charge in [0, 0.05) is 12.5 Å². The summed E-state index contributed by atoms with van der Waals surface area (Å²) >= 11 is 0. The number of hydrogen-bond donors (Lipinski definition) is 1. The van der Waals surface area contributed by atoms with Gasteiger partial charge in [-0.15, -0.1) is 0 Å². The van der Waals surface area contributed by atoms with Crippen LogP contribution in [0.2, 0.25) is 0 Å². The average molecular weight is 210 g/mol. The minimum atomic E-state index is -0.238. The molecular weight excluding hydrogens is 188 g/mol. The third-order valence-electron chi connectivity index (χ3n) is 3.77. The summed E-state index contributed by atoms with van der Waals surface area (Å²) in [5.41, 5.74) is 1.27. The second kappa shape index (κ2) is 5.13. The van der Waals surface area contributed by atoms with Crippen LogP contribution in [0.5, 0.6) is 0 Å². The molecule has 2 heteroatoms. The Hall–Kier alpha value is -0.340. The molecule has 3 unspecified atom stereocenters. The minimum Gasteiger partial charge on any atom is -0.388 e. The van der Waals surface area contributed by atoms with Gasteiger partial charge in [-0.2, -0.15) is 0 Å². The van der Waals surface area contributed by atoms with Gasteiger partial charge in [-0.25, -0.2) is 0 Å². The topological polar surface area (TPSA) is 29.5 Å². The predicted molar refractivity (Wildman–Crippen MR) is 60.7 cm³/mol. The van der Waals surface area contributed by atoms with Crippen molar-refractivity contribution in [2.24, 2.45) is 5.92 Å². The number of rotatable bonds is 3. The van der Waals surface area contributed by atoms with Gasteiger partial charge in [0.05, 0.1) is 12.2 Å². The van der Waals surface area contributed by atoms with Crippen LogP contribution in [0.15, 0.2) is 11.6 Å². The standard InChI is InChI=1S/C13H22O2/c1-2-12-11(8-9-15-12)13(14)10-6-4-3-5-7-10/h6,11-14H,2-5,7-9H2,1H3. The van der Waals surface area contributed by atoms with Crippen molar-refractivity contribution < 1.29 is 9.84 Å². The van der Waals surface area contributed by atoms with E-state index in [0.29, 0.717) is 5.92 Å². The van der Waals surface area contributed by atoms with Crippen molar-refractivity contribution in [3.8, 4) is 0 Å². The van der Waals surface area contributed by atoms with E-state index in [2.05, 4.69) is 13.0 Å². The molecule has 1 N–H and O–H groups in total. The highest BCUT2D eigenvalue weighted by Crippen LogP contribution is 2.32. The predicted octanol–water partition coefficient (Wildman–Crippen LogP) is 2.66. The van der Waals surface area contributed by atoms with E-state index in [1.807, 2.05) is 0 Å². The van der Waals surface area contributed by atoms with E-state index >= 15 is 0 Å². The molecule has 1 heterocycles. The zero-order chi connectivity index (χ0) is 10.7. The van der Waals surface area contributed by atoms with Gasteiger partial charge in [-0.05, 0) is 44.1 Å². The quantitative estimate of drug-likeness (QED) is 0.726. The molecule has 86 valence electrons. The van der Waals surface area contributed by atoms with Crippen molar-refractivity contribution in [2.75, 3.05) is 6.61 Å². The van der Waals surface area contributed by atoms with Gasteiger partial charge in [0.1, 0.15) is 0 Å². The highest BCUT2D eigenvalue weighted by atomic mass is 16.5. The number of hydrogen-bond acceptors (Lipinski definition) is 2. The molecule has 0 radical (unpaired) electrons. The minimum absolute atomic E-state index is 0.238. The van der Waals surface area contributed by atoms with E-state index in [1.54, 1.807) is 0 Å². The maximum Gasteiger partial charge on any atom is 0.0803 e. The Balaban J connectivity index is 1.99. The van der Waals surface area contributed by atoms with E-state index in [0.717, 1.165) is 32.3 Å². The molecule has 2 aliphatic rings. The van der Waals surface area contributed by atoms with Gasteiger partial charge in [-0.1, -0.05) is 13.0 Å². The molecule has 0 saturated carbocycles. The third kappa shape index (κ3) is 2.43. The first kappa shape index (κ1) is 11.2. The van der Waals surface area contributed by atoms with Gasteiger partial charge in [0.2, 0.25) is 0 Å². The largest absolute Gasteiger partial charge is 0.388 e. The van der Waals surface area contributed by atoms with Gasteiger partial charge in [0.25, 0.3) is 0 Å². The summed E-state index contributed by atoms with van der Waals surface area (Å²) < 4.78 is 5.64. The first-order valence-electron chi connectivity index (χ1n) is 6.31. The van der Waals surface area contributed by atoms with Gasteiger partial charge >= 0.3 is 0 Å². The molecule has 15 heavy (non-hydrogen) atoms. The van der Waals surface area contributed by atoms with Crippen LogP contribution in [-0.4, -0.2) is 23.9 Å². The van der Waals surface area contributed by atoms with Crippen LogP contribution in [0.4, 0.5) is 0 Å². The van der Waals surface area contributed by atoms with Crippen molar-refractivity contribution in [3.05, 3.63) is 11.6 Å². The van der Waals surface area contributed by atoms with Crippen LogP contribution in [0.25, 0.3) is 0 Å². The molecule has 1 aliphatic heterocycles. The van der Waals surface area contributed by atoms with E-state index in [1.165, 1.54) is 18.4 Å². The molecule has 0 aromatic carbocycles. The summed E-state index contributed by atoms with van der Waals surface area (Å²) in [6.45, 7) is 2.97. The molecule has 1 aliphatic carbocycles. The lowest BCUT2D eigenvalue weighted by Gasteiger charge is -2.26. The Morgan fingerprint density at radius 1 is 1.53 bits per heavy atom. The molecule has 0 aromatic heterocycles. The van der Waals surface area contributed by atoms with Crippen molar-refractivity contribution in [1.82, 2.24) is 0 Å². The lowest BCUT2D eigenvalue weighted by Crippen LogP contribution is -2.30. The average Bonchev–Trinajstić information content (AvgIpc) is 2.77. The maximum absolute atomic E-state index is 10.3. The van der Waals surface area contributed by atoms with Crippen LogP contribution in [-0.2, 0) is 4.74 Å². The second-order valence-electron chi connectivity index (χ2n) is 4.74. The Morgan fingerprint density at radius 3 is 3.07 bits per heavy atom. The highest BCUT2D eigenvalue weighted by Gasteiger charge is 2.34. The summed E-state index contributed by atoms with van der Waals surface area (Å²) in [7, 11) is 0. The van der Waals surface area contributed by atoms with E-state index in [-0.39, 0.29) is 12.2 Å². The second-order valence-corrected chi connectivity index (χ2v) is 4.74. The normalized spacial score (nSPS) is 33.9. The number of ether oxygens (including phenoxy) is 1. The molecule has 2 nitrogen and oxygen atoms in total. The fraction of sp³-hybridized carbons (Fsp3) is 0.846. The van der Waals surface area contributed by atoms with Gasteiger partial charge < -0.3 is 9.84 Å². The zero-order valence-corrected chi connectivity index (χ0v) is 9.61. The number of aliphatic hydroxyl groups excluding tert-OH is 1. The molecule has 0 amide bonds. The fourth-order valence-corrected chi connectivity index (χ4v) is 2.85. The lowest BCUT2D eigenvalue weighted by atomic mass is 9.84. The van der Waals surface area contributed by atoms with Crippen LogP contribution in [0.3, 0.4) is 0 Å². The summed E-state index contributed by atoms with van der Waals surface area (Å²) in [4.78, 5) is 0. The Bertz CT molecular complexity index is 235. The zero-order valence-electron chi connectivity index (χ0n) is 9.61. The fourth-order valence-electron chi connectivity index (χ4n) is 2.85. The molecule has 0 bridgehead atoms. The van der Waals surface area contributed by atoms with E-state index in [4.69, 9.17) is 4.74 Å². The highest BCUT2D eigenvalue weighted by molar-refractivity contribution is 5.13. The molecule has 1 fully saturated rings. The van der Waals surface area contributed by atoms with Gasteiger partial charge in [0.15, 0.2) is 0 Å². The smallest absolute Gasteiger partial charge is 0.0803 e. The van der Waals surface area contributed by atoms with Crippen LogP contribution in [0, 0.1) is 5.92 Å². The van der Waals surface area contributed by atoms with Crippen molar-refractivity contribution in [2.45, 2.75) is 57.7 Å². The van der Waals surface area contributed by atoms with Gasteiger partial charge in [-0.3, -0.25) is 0 Å². The third-order valence-corrected chi connectivity index (χ3v) is 3.77. The van der Waals surface area contributed by atoms with Crippen molar-refractivity contribution in [3.63, 3.8) is 0 Å². The van der Waals surface area contributed by atoms with Crippen LogP contribution >= 0.6 is 0 Å². The summed E-state index contributed by atoms with van der Waals surface area (Å²) in [6.07, 6.45) is 9.11. The monoisotopic (exact) mass is 210 g/mol. The molecule has 0 spiro atoms. The number of aliphatic hydroxyl groups is 1. The number of allylic oxidation sites excluding steroid dienone is 1. The van der Waals surface area contributed by atoms with E-state index < -0.39 is 0 Å². The van der Waals surface area contributed by atoms with Crippen LogP contribution < -0.4 is 0 Å². The Kier molecular flexibility index (Phi) is 3.81. The molecule has 3 atom stereocenters. The summed E-state index contributed by atoms with van der Waals surface area (Å²) in [5.74, 6) is 0.347. The molecule has 2 rings (SSSR count). The first-order valence-corrected chi connectivity index (χ1v) is 6.31. The lowest BCUT2D eigenvalue weighted by molar-refractivity contribution is 0.0438. The molecule has 1 saturated heterocycles. The summed E-state index contributed by atoms with van der Waals surface area (Å²) in [5, 5.41) is 10.3. The SMILES string of the molecule is CCC1OCCC1C(O)C1=CCCCC1. The summed E-state index contributed by atoms with van der Waals surface area (Å²) in [6, 6.07) is 0. The van der Waals surface area contributed by atoms with Crippen molar-refractivity contribution >= 4 is 0 Å². The molecular formula is C13H22O2. The first-order chi connectivity index (χ1) is 7.33. The molecule has 0 aromatic rings. The van der Waals surface area contributed by atoms with Crippen LogP contribution in [0.1, 0.15) is 45.4 Å². The Labute approximate surface area is 92.3 Å². The van der Waals surface area contributed by atoms with E-state index in [9.17, 15) is 5.11 Å². The Morgan fingerprint density at radius 2 is 2.40 bits per heavy atom. The maximum atomic E-state index is 10.3. The van der Waals surface area contributed by atoms with Crippen molar-refractivity contribution in [1.29, 1.82) is 0 Å².